The van der Waals surface area contributed by atoms with Gasteiger partial charge in [-0.3, -0.25) is 9.59 Å². The second-order valence-corrected chi connectivity index (χ2v) is 7.31. The van der Waals surface area contributed by atoms with Gasteiger partial charge in [0.15, 0.2) is 5.17 Å². The molecule has 1 atom stereocenters. The minimum absolute atomic E-state index is 0.0492. The van der Waals surface area contributed by atoms with E-state index >= 15 is 0 Å². The van der Waals surface area contributed by atoms with Crippen LogP contribution in [0, 0.1) is 5.82 Å². The van der Waals surface area contributed by atoms with Crippen LogP contribution in [0.15, 0.2) is 52.7 Å². The fourth-order valence-electron chi connectivity index (χ4n) is 2.55. The zero-order chi connectivity index (χ0) is 21.5. The number of methoxy groups -OCH3 is 2. The molecule has 1 unspecified atom stereocenters. The van der Waals surface area contributed by atoms with Crippen LogP contribution < -0.4 is 20.1 Å². The van der Waals surface area contributed by atoms with Crippen LogP contribution in [-0.4, -0.2) is 42.7 Å². The van der Waals surface area contributed by atoms with Crippen LogP contribution in [0.4, 0.5) is 10.1 Å². The molecule has 2 N–H and O–H groups in total. The van der Waals surface area contributed by atoms with Gasteiger partial charge in [-0.05, 0) is 29.8 Å². The number of hydrogen-bond donors (Lipinski definition) is 2. The van der Waals surface area contributed by atoms with Crippen LogP contribution in [0.2, 0.25) is 0 Å². The van der Waals surface area contributed by atoms with E-state index in [1.54, 1.807) is 30.3 Å². The van der Waals surface area contributed by atoms with E-state index in [0.717, 1.165) is 11.8 Å². The fraction of sp³-hybridized carbons (Fsp3) is 0.200. The Balaban J connectivity index is 1.57. The first-order chi connectivity index (χ1) is 14.5. The number of nitrogens with zero attached hydrogens (tertiary/aromatic N) is 2. The smallest absolute Gasteiger partial charge is 0.240 e. The number of carbonyl (C=O) groups is 2. The number of halogens is 1. The van der Waals surface area contributed by atoms with E-state index in [1.807, 2.05) is 0 Å². The molecular weight excluding hydrogens is 411 g/mol. The first-order valence-electron chi connectivity index (χ1n) is 8.84. The normalized spacial score (nSPS) is 17.2. The summed E-state index contributed by atoms with van der Waals surface area (Å²) in [6.45, 7) is 0. The van der Waals surface area contributed by atoms with E-state index in [-0.39, 0.29) is 29.2 Å². The molecule has 1 heterocycles. The van der Waals surface area contributed by atoms with Crippen molar-refractivity contribution in [3.8, 4) is 11.5 Å². The van der Waals surface area contributed by atoms with Crippen LogP contribution in [0.1, 0.15) is 12.0 Å². The number of rotatable bonds is 7. The van der Waals surface area contributed by atoms with Gasteiger partial charge < -0.3 is 20.1 Å². The van der Waals surface area contributed by atoms with E-state index in [2.05, 4.69) is 20.8 Å². The highest BCUT2D eigenvalue weighted by molar-refractivity contribution is 8.15. The molecule has 3 rings (SSSR count). The average molecular weight is 430 g/mol. The summed E-state index contributed by atoms with van der Waals surface area (Å²) in [5.41, 5.74) is 1.14. The average Bonchev–Trinajstić information content (AvgIpc) is 3.08. The van der Waals surface area contributed by atoms with Crippen LogP contribution in [0.3, 0.4) is 0 Å². The molecule has 1 saturated heterocycles. The van der Waals surface area contributed by atoms with Gasteiger partial charge in [0.05, 0.1) is 26.1 Å². The molecule has 2 aromatic carbocycles. The fourth-order valence-corrected chi connectivity index (χ4v) is 3.48. The van der Waals surface area contributed by atoms with Gasteiger partial charge in [-0.25, -0.2) is 4.39 Å². The Morgan fingerprint density at radius 2 is 2.00 bits per heavy atom. The van der Waals surface area contributed by atoms with Crippen LogP contribution in [-0.2, 0) is 9.59 Å². The van der Waals surface area contributed by atoms with E-state index < -0.39 is 5.25 Å². The van der Waals surface area contributed by atoms with Crippen molar-refractivity contribution >= 4 is 40.6 Å². The molecule has 0 bridgehead atoms. The van der Waals surface area contributed by atoms with Gasteiger partial charge >= 0.3 is 0 Å². The van der Waals surface area contributed by atoms with Gasteiger partial charge in [-0.1, -0.05) is 23.9 Å². The third-order valence-electron chi connectivity index (χ3n) is 4.06. The van der Waals surface area contributed by atoms with Gasteiger partial charge in [0.2, 0.25) is 11.8 Å². The van der Waals surface area contributed by atoms with Gasteiger partial charge in [0.1, 0.15) is 22.6 Å². The monoisotopic (exact) mass is 430 g/mol. The van der Waals surface area contributed by atoms with Crippen molar-refractivity contribution in [2.45, 2.75) is 11.7 Å². The first-order valence-corrected chi connectivity index (χ1v) is 9.72. The lowest BCUT2D eigenvalue weighted by Crippen LogP contribution is -2.28. The number of hydrogen-bond acceptors (Lipinski definition) is 7. The summed E-state index contributed by atoms with van der Waals surface area (Å²) in [5.74, 6) is 0.0291. The van der Waals surface area contributed by atoms with Crippen molar-refractivity contribution in [2.75, 3.05) is 19.5 Å². The van der Waals surface area contributed by atoms with Crippen molar-refractivity contribution in [3.05, 3.63) is 53.8 Å². The van der Waals surface area contributed by atoms with Gasteiger partial charge in [-0.15, -0.1) is 5.10 Å². The van der Waals surface area contributed by atoms with Crippen molar-refractivity contribution in [1.82, 2.24) is 5.32 Å². The predicted molar refractivity (Wildman–Crippen MR) is 114 cm³/mol. The van der Waals surface area contributed by atoms with Crippen LogP contribution in [0.5, 0.6) is 11.5 Å². The Kier molecular flexibility index (Phi) is 7.02. The summed E-state index contributed by atoms with van der Waals surface area (Å²) in [6, 6.07) is 10.7. The van der Waals surface area contributed by atoms with Crippen molar-refractivity contribution in [1.29, 1.82) is 0 Å². The lowest BCUT2D eigenvalue weighted by molar-refractivity contribution is -0.122. The van der Waals surface area contributed by atoms with Crippen molar-refractivity contribution in [2.24, 2.45) is 10.2 Å². The quantitative estimate of drug-likeness (QED) is 0.520. The molecule has 0 spiro atoms. The van der Waals surface area contributed by atoms with Crippen LogP contribution >= 0.6 is 11.8 Å². The topological polar surface area (TPSA) is 101 Å². The maximum atomic E-state index is 12.9. The molecule has 156 valence electrons. The third-order valence-corrected chi connectivity index (χ3v) is 5.13. The van der Waals surface area contributed by atoms with Gasteiger partial charge in [0.25, 0.3) is 0 Å². The standard InChI is InChI=1S/C20H19FN4O4S/c1-28-14-7-8-15(16(9-14)29-2)23-18(26)10-17-19(27)24-20(30-17)25-22-11-12-3-5-13(21)6-4-12/h3-9,11,17H,10H2,1-2H3,(H,23,26)(H,24,25,27). The van der Waals surface area contributed by atoms with Crippen molar-refractivity contribution < 1.29 is 23.5 Å². The number of amidine groups is 1. The zero-order valence-electron chi connectivity index (χ0n) is 16.2. The summed E-state index contributed by atoms with van der Waals surface area (Å²) in [5, 5.41) is 12.8. The second-order valence-electron chi connectivity index (χ2n) is 6.12. The Labute approximate surface area is 176 Å². The number of thioether (sulfide) groups is 1. The Hall–Kier alpha value is -3.40. The molecule has 10 heteroatoms. The van der Waals surface area contributed by atoms with E-state index in [4.69, 9.17) is 9.47 Å². The summed E-state index contributed by atoms with van der Waals surface area (Å²) in [6.07, 6.45) is 1.39. The molecule has 0 aliphatic carbocycles. The lowest BCUT2D eigenvalue weighted by atomic mass is 10.2. The molecule has 30 heavy (non-hydrogen) atoms. The van der Waals surface area contributed by atoms with E-state index in [9.17, 15) is 14.0 Å². The highest BCUT2D eigenvalue weighted by Crippen LogP contribution is 2.30. The molecule has 0 saturated carbocycles. The molecular formula is C20H19FN4O4S. The number of carbonyl (C=O) groups excluding carboxylic acids is 2. The van der Waals surface area contributed by atoms with Crippen LogP contribution in [0.25, 0.3) is 0 Å². The summed E-state index contributed by atoms with van der Waals surface area (Å²) in [7, 11) is 3.02. The molecule has 0 radical (unpaired) electrons. The second kappa shape index (κ2) is 9.88. The maximum Gasteiger partial charge on any atom is 0.240 e. The minimum Gasteiger partial charge on any atom is -0.497 e. The molecule has 1 fully saturated rings. The SMILES string of the molecule is COc1ccc(NC(=O)CC2SC(=NN=Cc3ccc(F)cc3)NC2=O)c(OC)c1. The summed E-state index contributed by atoms with van der Waals surface area (Å²) < 4.78 is 23.3. The number of ether oxygens (including phenoxy) is 2. The number of benzene rings is 2. The molecule has 2 amide bonds. The number of anilines is 1. The minimum atomic E-state index is -0.631. The molecule has 8 nitrogen and oxygen atoms in total. The first kappa shape index (κ1) is 21.3. The Morgan fingerprint density at radius 1 is 1.23 bits per heavy atom. The van der Waals surface area contributed by atoms with Crippen molar-refractivity contribution in [3.63, 3.8) is 0 Å². The summed E-state index contributed by atoms with van der Waals surface area (Å²) in [4.78, 5) is 24.5. The highest BCUT2D eigenvalue weighted by atomic mass is 32.2. The van der Waals surface area contributed by atoms with Gasteiger partial charge in [0, 0.05) is 12.5 Å². The molecule has 2 aromatic rings. The largest absolute Gasteiger partial charge is 0.497 e. The highest BCUT2D eigenvalue weighted by Gasteiger charge is 2.32. The van der Waals surface area contributed by atoms with E-state index in [1.165, 1.54) is 32.6 Å². The summed E-state index contributed by atoms with van der Waals surface area (Å²) >= 11 is 1.11. The zero-order valence-corrected chi connectivity index (χ0v) is 17.0. The molecule has 0 aromatic heterocycles. The third kappa shape index (κ3) is 5.57. The molecule has 1 aliphatic heterocycles. The Morgan fingerprint density at radius 3 is 2.70 bits per heavy atom. The maximum absolute atomic E-state index is 12.9. The predicted octanol–water partition coefficient (Wildman–Crippen LogP) is 2.79. The molecule has 1 aliphatic rings. The van der Waals surface area contributed by atoms with Gasteiger partial charge in [-0.2, -0.15) is 5.10 Å². The lowest BCUT2D eigenvalue weighted by Gasteiger charge is -2.12. The number of amides is 2. The Bertz CT molecular complexity index is 995. The number of nitrogens with one attached hydrogen (secondary N) is 2. The van der Waals surface area contributed by atoms with E-state index in [0.29, 0.717) is 22.7 Å².